The normalized spacial score (nSPS) is 10.8. The van der Waals surface area contributed by atoms with E-state index >= 15 is 0 Å². The van der Waals surface area contributed by atoms with Gasteiger partial charge in [0.25, 0.3) is 0 Å². The number of aromatic nitrogens is 2. The quantitative estimate of drug-likeness (QED) is 0.632. The summed E-state index contributed by atoms with van der Waals surface area (Å²) >= 11 is 12.2. The third kappa shape index (κ3) is 3.25. The van der Waals surface area contributed by atoms with Gasteiger partial charge < -0.3 is 9.64 Å². The van der Waals surface area contributed by atoms with E-state index in [2.05, 4.69) is 9.97 Å². The molecule has 3 rings (SSSR count). The maximum Gasteiger partial charge on any atom is 0.341 e. The van der Waals surface area contributed by atoms with E-state index in [0.29, 0.717) is 32.5 Å². The molecule has 2 aromatic heterocycles. The van der Waals surface area contributed by atoms with Crippen molar-refractivity contribution in [3.8, 4) is 11.3 Å². The van der Waals surface area contributed by atoms with Gasteiger partial charge in [-0.15, -0.1) is 0 Å². The Balaban J connectivity index is 2.34. The molecule has 0 fully saturated rings. The van der Waals surface area contributed by atoms with Crippen molar-refractivity contribution in [3.63, 3.8) is 0 Å². The van der Waals surface area contributed by atoms with E-state index in [0.717, 1.165) is 10.9 Å². The highest BCUT2D eigenvalue weighted by atomic mass is 35.5. The van der Waals surface area contributed by atoms with Crippen LogP contribution in [0.2, 0.25) is 10.0 Å². The predicted octanol–water partition coefficient (Wildman–Crippen LogP) is 4.46. The number of pyridine rings is 2. The monoisotopic (exact) mass is 375 g/mol. The molecule has 0 unspecified atom stereocenters. The third-order valence-corrected chi connectivity index (χ3v) is 4.18. The van der Waals surface area contributed by atoms with E-state index in [1.807, 2.05) is 25.1 Å². The maximum atomic E-state index is 12.1. The van der Waals surface area contributed by atoms with E-state index in [-0.39, 0.29) is 0 Å². The van der Waals surface area contributed by atoms with Crippen LogP contribution < -0.4 is 4.90 Å². The molecule has 7 heteroatoms. The highest BCUT2D eigenvalue weighted by molar-refractivity contribution is 6.35. The number of fused-ring (bicyclic) bond motifs is 1. The smallest absolute Gasteiger partial charge is 0.341 e. The Morgan fingerprint density at radius 1 is 1.12 bits per heavy atom. The number of halogens is 2. The van der Waals surface area contributed by atoms with Gasteiger partial charge in [0.1, 0.15) is 5.56 Å². The van der Waals surface area contributed by atoms with Gasteiger partial charge >= 0.3 is 5.97 Å². The maximum absolute atomic E-state index is 12.1. The first-order valence-electron chi connectivity index (χ1n) is 7.42. The number of methoxy groups -OCH3 is 1. The van der Waals surface area contributed by atoms with Crippen LogP contribution in [0.5, 0.6) is 0 Å². The van der Waals surface area contributed by atoms with E-state index in [4.69, 9.17) is 27.9 Å². The second-order valence-corrected chi connectivity index (χ2v) is 6.49. The Morgan fingerprint density at radius 3 is 2.40 bits per heavy atom. The van der Waals surface area contributed by atoms with Crippen LogP contribution in [0.4, 0.5) is 5.69 Å². The topological polar surface area (TPSA) is 55.3 Å². The first-order chi connectivity index (χ1) is 11.9. The fraction of sp³-hybridized carbons (Fsp3) is 0.167. The fourth-order valence-electron chi connectivity index (χ4n) is 2.75. The zero-order valence-electron chi connectivity index (χ0n) is 13.9. The van der Waals surface area contributed by atoms with Crippen molar-refractivity contribution in [2.45, 2.75) is 0 Å². The van der Waals surface area contributed by atoms with Crippen molar-refractivity contribution in [1.82, 2.24) is 9.97 Å². The number of carbonyl (C=O) groups excluding carboxylic acids is 1. The van der Waals surface area contributed by atoms with Crippen molar-refractivity contribution in [2.24, 2.45) is 0 Å². The molecule has 0 saturated carbocycles. The van der Waals surface area contributed by atoms with Crippen LogP contribution in [0.25, 0.3) is 22.2 Å². The minimum Gasteiger partial charge on any atom is -0.465 e. The van der Waals surface area contributed by atoms with Gasteiger partial charge in [0.15, 0.2) is 0 Å². The minimum atomic E-state index is -0.442. The van der Waals surface area contributed by atoms with Crippen LogP contribution in [0.15, 0.2) is 36.7 Å². The molecule has 0 N–H and O–H groups in total. The number of hydrogen-bond donors (Lipinski definition) is 0. The van der Waals surface area contributed by atoms with E-state index in [1.165, 1.54) is 13.3 Å². The highest BCUT2D eigenvalue weighted by Crippen LogP contribution is 2.35. The van der Waals surface area contributed by atoms with Gasteiger partial charge in [-0.1, -0.05) is 23.2 Å². The van der Waals surface area contributed by atoms with Crippen LogP contribution in [0.3, 0.4) is 0 Å². The lowest BCUT2D eigenvalue weighted by Crippen LogP contribution is -2.16. The van der Waals surface area contributed by atoms with Crippen molar-refractivity contribution < 1.29 is 9.53 Å². The summed E-state index contributed by atoms with van der Waals surface area (Å²) in [5, 5.41) is 1.81. The first-order valence-corrected chi connectivity index (χ1v) is 8.17. The summed E-state index contributed by atoms with van der Waals surface area (Å²) in [5.74, 6) is -0.442. The van der Waals surface area contributed by atoms with E-state index < -0.39 is 5.97 Å². The van der Waals surface area contributed by atoms with Gasteiger partial charge in [0.2, 0.25) is 0 Å². The first kappa shape index (κ1) is 17.5. The number of esters is 1. The number of carbonyl (C=O) groups is 1. The van der Waals surface area contributed by atoms with Crippen LogP contribution >= 0.6 is 23.2 Å². The molecule has 0 spiro atoms. The molecule has 1 aromatic carbocycles. The zero-order chi connectivity index (χ0) is 18.1. The summed E-state index contributed by atoms with van der Waals surface area (Å²) in [6.45, 7) is 0. The summed E-state index contributed by atoms with van der Waals surface area (Å²) in [5.41, 5.74) is 3.15. The van der Waals surface area contributed by atoms with Gasteiger partial charge in [0, 0.05) is 47.5 Å². The molecule has 25 heavy (non-hydrogen) atoms. The molecule has 0 aliphatic rings. The lowest BCUT2D eigenvalue weighted by Gasteiger charge is -2.19. The number of ether oxygens (including phenoxy) is 1. The van der Waals surface area contributed by atoms with Crippen LogP contribution in [-0.2, 0) is 4.74 Å². The van der Waals surface area contributed by atoms with Crippen LogP contribution in [-0.4, -0.2) is 37.1 Å². The molecular weight excluding hydrogens is 361 g/mol. The Morgan fingerprint density at radius 2 is 1.80 bits per heavy atom. The average molecular weight is 376 g/mol. The summed E-state index contributed by atoms with van der Waals surface area (Å²) < 4.78 is 4.87. The highest BCUT2D eigenvalue weighted by Gasteiger charge is 2.20. The molecule has 2 heterocycles. The Labute approximate surface area is 155 Å². The summed E-state index contributed by atoms with van der Waals surface area (Å²) in [6, 6.07) is 7.03. The molecule has 0 bridgehead atoms. The van der Waals surface area contributed by atoms with Crippen molar-refractivity contribution in [3.05, 3.63) is 52.3 Å². The zero-order valence-corrected chi connectivity index (χ0v) is 15.4. The molecule has 128 valence electrons. The Hall–Kier alpha value is -2.37. The molecule has 3 aromatic rings. The van der Waals surface area contributed by atoms with Gasteiger partial charge in [0.05, 0.1) is 24.0 Å². The Kier molecular flexibility index (Phi) is 4.79. The molecule has 0 amide bonds. The molecule has 0 aliphatic carbocycles. The molecule has 5 nitrogen and oxygen atoms in total. The standard InChI is InChI=1S/C18H15Cl2N3O2/c1-23(2)17-13-4-5-21-15(10-6-11(19)8-12(20)7-10)16(13)22-9-14(17)18(24)25-3/h4-9H,1-3H3. The second-order valence-electron chi connectivity index (χ2n) is 5.62. The van der Waals surface area contributed by atoms with Gasteiger partial charge in [-0.25, -0.2) is 4.79 Å². The van der Waals surface area contributed by atoms with Gasteiger partial charge in [-0.3, -0.25) is 9.97 Å². The summed E-state index contributed by atoms with van der Waals surface area (Å²) in [7, 11) is 5.06. The lowest BCUT2D eigenvalue weighted by atomic mass is 10.0. The predicted molar refractivity (Wildman–Crippen MR) is 101 cm³/mol. The SMILES string of the molecule is COC(=O)c1cnc2c(-c3cc(Cl)cc(Cl)c3)nccc2c1N(C)C. The molecule has 0 aliphatic heterocycles. The van der Waals surface area contributed by atoms with Crippen LogP contribution in [0, 0.1) is 0 Å². The van der Waals surface area contributed by atoms with Gasteiger partial charge in [-0.2, -0.15) is 0 Å². The molecule has 0 saturated heterocycles. The number of benzene rings is 1. The minimum absolute atomic E-state index is 0.390. The molecule has 0 radical (unpaired) electrons. The third-order valence-electron chi connectivity index (χ3n) is 3.75. The van der Waals surface area contributed by atoms with Crippen molar-refractivity contribution >= 4 is 45.8 Å². The average Bonchev–Trinajstić information content (AvgIpc) is 2.58. The summed E-state index contributed by atoms with van der Waals surface area (Å²) in [6.07, 6.45) is 3.17. The lowest BCUT2D eigenvalue weighted by molar-refractivity contribution is 0.0601. The largest absolute Gasteiger partial charge is 0.465 e. The molecular formula is C18H15Cl2N3O2. The van der Waals surface area contributed by atoms with Gasteiger partial charge in [-0.05, 0) is 24.3 Å². The van der Waals surface area contributed by atoms with Crippen molar-refractivity contribution in [1.29, 1.82) is 0 Å². The van der Waals surface area contributed by atoms with E-state index in [9.17, 15) is 4.79 Å². The summed E-state index contributed by atoms with van der Waals surface area (Å²) in [4.78, 5) is 22.8. The van der Waals surface area contributed by atoms with Crippen LogP contribution in [0.1, 0.15) is 10.4 Å². The number of hydrogen-bond acceptors (Lipinski definition) is 5. The van der Waals surface area contributed by atoms with E-state index in [1.54, 1.807) is 24.4 Å². The number of anilines is 1. The molecule has 0 atom stereocenters. The Bertz CT molecular complexity index is 954. The van der Waals surface area contributed by atoms with Crippen molar-refractivity contribution in [2.75, 3.05) is 26.1 Å². The number of nitrogens with zero attached hydrogens (tertiary/aromatic N) is 3. The fourth-order valence-corrected chi connectivity index (χ4v) is 3.28. The second kappa shape index (κ2) is 6.86. The number of rotatable bonds is 3.